The predicted molar refractivity (Wildman–Crippen MR) is 86.1 cm³/mol. The van der Waals surface area contributed by atoms with Crippen LogP contribution in [-0.2, 0) is 0 Å². The molecule has 0 bridgehead atoms. The Morgan fingerprint density at radius 1 is 0.955 bits per heavy atom. The van der Waals surface area contributed by atoms with Gasteiger partial charge in [-0.3, -0.25) is 0 Å². The summed E-state index contributed by atoms with van der Waals surface area (Å²) >= 11 is 0. The van der Waals surface area contributed by atoms with Crippen LogP contribution in [0.25, 0.3) is 33.8 Å². The Labute approximate surface area is 126 Å². The zero-order valence-corrected chi connectivity index (χ0v) is 11.6. The summed E-state index contributed by atoms with van der Waals surface area (Å²) in [6.07, 6.45) is 3.09. The van der Waals surface area contributed by atoms with E-state index in [9.17, 15) is 5.11 Å². The molecule has 2 aromatic carbocycles. The van der Waals surface area contributed by atoms with Crippen molar-refractivity contribution >= 4 is 33.8 Å². The Morgan fingerprint density at radius 3 is 2.59 bits per heavy atom. The summed E-state index contributed by atoms with van der Waals surface area (Å²) in [6.45, 7) is 0. The molecule has 4 rings (SSSR count). The van der Waals surface area contributed by atoms with E-state index in [1.165, 1.54) is 6.33 Å². The lowest BCUT2D eigenvalue weighted by Crippen LogP contribution is -1.90. The number of nitrogens with one attached hydrogen (secondary N) is 1. The van der Waals surface area contributed by atoms with E-state index in [-0.39, 0.29) is 5.76 Å². The Morgan fingerprint density at radius 2 is 1.73 bits per heavy atom. The van der Waals surface area contributed by atoms with Crippen LogP contribution in [-0.4, -0.2) is 25.0 Å². The van der Waals surface area contributed by atoms with E-state index < -0.39 is 0 Å². The molecule has 5 heteroatoms. The maximum atomic E-state index is 10.3. The van der Waals surface area contributed by atoms with Gasteiger partial charge in [0.25, 0.3) is 0 Å². The Hall–Kier alpha value is -3.21. The van der Waals surface area contributed by atoms with Crippen molar-refractivity contribution in [3.63, 3.8) is 0 Å². The molecule has 0 saturated heterocycles. The third-order valence-electron chi connectivity index (χ3n) is 3.48. The lowest BCUT2D eigenvalue weighted by Gasteiger charge is -2.01. The highest BCUT2D eigenvalue weighted by molar-refractivity contribution is 5.90. The van der Waals surface area contributed by atoms with E-state index >= 15 is 0 Å². The molecule has 2 aromatic heterocycles. The van der Waals surface area contributed by atoms with Crippen LogP contribution in [0, 0.1) is 0 Å². The van der Waals surface area contributed by atoms with E-state index in [4.69, 9.17) is 0 Å². The van der Waals surface area contributed by atoms with Gasteiger partial charge in [-0.25, -0.2) is 15.0 Å². The normalized spacial score (nSPS) is 12.1. The van der Waals surface area contributed by atoms with Gasteiger partial charge < -0.3 is 10.1 Å². The summed E-state index contributed by atoms with van der Waals surface area (Å²) in [5, 5.41) is 11.2. The number of H-pyrrole nitrogens is 1. The van der Waals surface area contributed by atoms with Crippen molar-refractivity contribution in [2.75, 3.05) is 0 Å². The van der Waals surface area contributed by atoms with Gasteiger partial charge in [0.2, 0.25) is 0 Å². The van der Waals surface area contributed by atoms with Crippen molar-refractivity contribution < 1.29 is 5.11 Å². The second-order valence-electron chi connectivity index (χ2n) is 4.91. The molecule has 5 nitrogen and oxygen atoms in total. The number of hydrogen-bond donors (Lipinski definition) is 2. The molecule has 0 spiro atoms. The molecule has 0 radical (unpaired) electrons. The van der Waals surface area contributed by atoms with Crippen molar-refractivity contribution in [2.45, 2.75) is 0 Å². The van der Waals surface area contributed by atoms with Crippen molar-refractivity contribution in [2.24, 2.45) is 0 Å². The highest BCUT2D eigenvalue weighted by Crippen LogP contribution is 2.20. The number of aromatic amines is 1. The van der Waals surface area contributed by atoms with Gasteiger partial charge in [0.15, 0.2) is 11.6 Å². The van der Waals surface area contributed by atoms with E-state index in [0.717, 1.165) is 21.9 Å². The first-order chi connectivity index (χ1) is 10.8. The number of aromatic nitrogens is 4. The van der Waals surface area contributed by atoms with Crippen LogP contribution in [0.3, 0.4) is 0 Å². The molecule has 106 valence electrons. The van der Waals surface area contributed by atoms with Crippen LogP contribution in [0.2, 0.25) is 0 Å². The first-order valence-electron chi connectivity index (χ1n) is 6.87. The Bertz CT molecular complexity index is 965. The summed E-state index contributed by atoms with van der Waals surface area (Å²) in [5.74, 6) is 0.462. The van der Waals surface area contributed by atoms with Gasteiger partial charge in [-0.1, -0.05) is 30.3 Å². The molecule has 0 fully saturated rings. The third-order valence-corrected chi connectivity index (χ3v) is 3.48. The molecule has 2 heterocycles. The molecular formula is C17H12N4O. The zero-order valence-electron chi connectivity index (χ0n) is 11.6. The summed E-state index contributed by atoms with van der Waals surface area (Å²) in [5.41, 5.74) is 3.18. The number of nitrogens with zero attached hydrogens (tertiary/aromatic N) is 3. The molecule has 2 N–H and O–H groups in total. The maximum absolute atomic E-state index is 10.3. The van der Waals surface area contributed by atoms with Gasteiger partial charge in [0.05, 0.1) is 22.2 Å². The smallest absolute Gasteiger partial charge is 0.173 e. The van der Waals surface area contributed by atoms with Crippen molar-refractivity contribution in [3.8, 4) is 0 Å². The van der Waals surface area contributed by atoms with Gasteiger partial charge >= 0.3 is 0 Å². The molecule has 0 unspecified atom stereocenters. The molecule has 0 aliphatic rings. The van der Waals surface area contributed by atoms with E-state index in [1.807, 2.05) is 48.5 Å². The fourth-order valence-electron chi connectivity index (χ4n) is 2.41. The zero-order chi connectivity index (χ0) is 14.9. The van der Waals surface area contributed by atoms with Gasteiger partial charge in [-0.2, -0.15) is 0 Å². The van der Waals surface area contributed by atoms with Gasteiger partial charge in [0, 0.05) is 11.5 Å². The molecule has 0 aliphatic heterocycles. The quantitative estimate of drug-likeness (QED) is 0.553. The van der Waals surface area contributed by atoms with Crippen LogP contribution >= 0.6 is 0 Å². The Balaban J connectivity index is 1.83. The highest BCUT2D eigenvalue weighted by atomic mass is 16.3. The number of aliphatic hydroxyl groups is 1. The van der Waals surface area contributed by atoms with Gasteiger partial charge in [0.1, 0.15) is 6.33 Å². The van der Waals surface area contributed by atoms with E-state index in [1.54, 1.807) is 6.08 Å². The van der Waals surface area contributed by atoms with Crippen molar-refractivity contribution in [3.05, 3.63) is 66.4 Å². The SMILES string of the molecule is O/C(=C\c1ncnc2ccccc12)c1nc2ccccc2[nH]1. The summed E-state index contributed by atoms with van der Waals surface area (Å²) in [7, 11) is 0. The number of benzene rings is 2. The van der Waals surface area contributed by atoms with Crippen molar-refractivity contribution in [1.29, 1.82) is 0 Å². The molecule has 0 atom stereocenters. The predicted octanol–water partition coefficient (Wildman–Crippen LogP) is 3.56. The standard InChI is InChI=1S/C17H12N4O/c22-16(17-20-13-7-3-4-8-14(13)21-17)9-15-11-5-1-2-6-12(11)18-10-19-15/h1-10,22H,(H,20,21)/b16-9-. The summed E-state index contributed by atoms with van der Waals surface area (Å²) < 4.78 is 0. The van der Waals surface area contributed by atoms with Crippen LogP contribution < -0.4 is 0 Å². The number of hydrogen-bond acceptors (Lipinski definition) is 4. The van der Waals surface area contributed by atoms with Gasteiger partial charge in [-0.15, -0.1) is 0 Å². The Kier molecular flexibility index (Phi) is 2.83. The number of imidazole rings is 1. The number of rotatable bonds is 2. The first-order valence-corrected chi connectivity index (χ1v) is 6.87. The first kappa shape index (κ1) is 12.5. The van der Waals surface area contributed by atoms with Crippen molar-refractivity contribution in [1.82, 2.24) is 19.9 Å². The molecule has 0 aliphatic carbocycles. The topological polar surface area (TPSA) is 74.7 Å². The second-order valence-corrected chi connectivity index (χ2v) is 4.91. The molecule has 4 aromatic rings. The molecule has 0 amide bonds. The number of para-hydroxylation sites is 3. The molecular weight excluding hydrogens is 276 g/mol. The van der Waals surface area contributed by atoms with Gasteiger partial charge in [-0.05, 0) is 18.2 Å². The minimum Gasteiger partial charge on any atom is -0.504 e. The lowest BCUT2D eigenvalue weighted by atomic mass is 10.1. The van der Waals surface area contributed by atoms with Crippen LogP contribution in [0.5, 0.6) is 0 Å². The van der Waals surface area contributed by atoms with Crippen LogP contribution in [0.4, 0.5) is 0 Å². The van der Waals surface area contributed by atoms with Crippen LogP contribution in [0.1, 0.15) is 11.5 Å². The molecule has 0 saturated carbocycles. The molecule has 22 heavy (non-hydrogen) atoms. The number of fused-ring (bicyclic) bond motifs is 2. The fraction of sp³-hybridized carbons (Fsp3) is 0. The van der Waals surface area contributed by atoms with Crippen LogP contribution in [0.15, 0.2) is 54.9 Å². The van der Waals surface area contributed by atoms with E-state index in [0.29, 0.717) is 11.5 Å². The minimum atomic E-state index is 0.0417. The lowest BCUT2D eigenvalue weighted by molar-refractivity contribution is 0.509. The van der Waals surface area contributed by atoms with E-state index in [2.05, 4.69) is 19.9 Å². The summed E-state index contributed by atoms with van der Waals surface area (Å²) in [6, 6.07) is 15.3. The fourth-order valence-corrected chi connectivity index (χ4v) is 2.41. The minimum absolute atomic E-state index is 0.0417. The average Bonchev–Trinajstić information content (AvgIpc) is 2.99. The second kappa shape index (κ2) is 4.96. The average molecular weight is 288 g/mol. The number of aliphatic hydroxyl groups excluding tert-OH is 1. The third kappa shape index (κ3) is 2.09. The maximum Gasteiger partial charge on any atom is 0.173 e. The monoisotopic (exact) mass is 288 g/mol. The largest absolute Gasteiger partial charge is 0.504 e. The summed E-state index contributed by atoms with van der Waals surface area (Å²) in [4.78, 5) is 15.9. The highest BCUT2D eigenvalue weighted by Gasteiger charge is 2.08.